The quantitative estimate of drug-likeness (QED) is 0.331. The molecule has 0 aromatic heterocycles. The molecule has 0 heterocycles. The number of hydrogen-bond donors (Lipinski definition) is 4. The lowest BCUT2D eigenvalue weighted by Crippen LogP contribution is -2.19. The third-order valence-corrected chi connectivity index (χ3v) is 1.89. The van der Waals surface area contributed by atoms with Gasteiger partial charge in [0.25, 0.3) is 0 Å². The predicted molar refractivity (Wildman–Crippen MR) is 73.7 cm³/mol. The highest BCUT2D eigenvalue weighted by Gasteiger charge is 1.95. The molecule has 18 heavy (non-hydrogen) atoms. The van der Waals surface area contributed by atoms with Gasteiger partial charge in [-0.1, -0.05) is 30.0 Å². The Hall–Kier alpha value is -2.87. The summed E-state index contributed by atoms with van der Waals surface area (Å²) in [4.78, 5) is 3.67. The van der Waals surface area contributed by atoms with Crippen molar-refractivity contribution in [1.29, 1.82) is 10.8 Å². The van der Waals surface area contributed by atoms with Crippen molar-refractivity contribution < 1.29 is 0 Å². The zero-order valence-corrected chi connectivity index (χ0v) is 9.64. The Morgan fingerprint density at radius 3 is 2.44 bits per heavy atom. The predicted octanol–water partition coefficient (Wildman–Crippen LogP) is 0.865. The van der Waals surface area contributed by atoms with Gasteiger partial charge in [-0.2, -0.15) is 0 Å². The van der Waals surface area contributed by atoms with Crippen LogP contribution in [0.2, 0.25) is 0 Å². The minimum atomic E-state index is -0.404. The van der Waals surface area contributed by atoms with E-state index < -0.39 is 5.84 Å². The SMILES string of the molecule is N=C(N)C(=N)N=CC(C#Cc1ccccc1)=CN. The van der Waals surface area contributed by atoms with E-state index >= 15 is 0 Å². The summed E-state index contributed by atoms with van der Waals surface area (Å²) in [6.45, 7) is 0. The van der Waals surface area contributed by atoms with E-state index in [4.69, 9.17) is 22.3 Å². The van der Waals surface area contributed by atoms with E-state index in [9.17, 15) is 0 Å². The summed E-state index contributed by atoms with van der Waals surface area (Å²) in [6, 6.07) is 9.41. The maximum Gasteiger partial charge on any atom is 0.187 e. The number of aliphatic imine (C=N–C) groups is 1. The molecular weight excluding hydrogens is 226 g/mol. The maximum absolute atomic E-state index is 7.24. The van der Waals surface area contributed by atoms with Gasteiger partial charge in [0, 0.05) is 18.0 Å². The number of amidine groups is 2. The van der Waals surface area contributed by atoms with Gasteiger partial charge in [-0.3, -0.25) is 10.8 Å². The van der Waals surface area contributed by atoms with Crippen molar-refractivity contribution in [3.63, 3.8) is 0 Å². The second-order valence-corrected chi connectivity index (χ2v) is 3.26. The molecule has 0 atom stereocenters. The second-order valence-electron chi connectivity index (χ2n) is 3.26. The zero-order chi connectivity index (χ0) is 13.4. The number of hydrogen-bond acceptors (Lipinski definition) is 3. The lowest BCUT2D eigenvalue weighted by atomic mass is 10.2. The Bertz CT molecular complexity index is 558. The molecular formula is C13H13N5. The fraction of sp³-hybridized carbons (Fsp3) is 0. The highest BCUT2D eigenvalue weighted by molar-refractivity contribution is 6.39. The summed E-state index contributed by atoms with van der Waals surface area (Å²) >= 11 is 0. The van der Waals surface area contributed by atoms with Gasteiger partial charge in [0.05, 0.1) is 5.57 Å². The monoisotopic (exact) mass is 239 g/mol. The van der Waals surface area contributed by atoms with Crippen LogP contribution in [0.15, 0.2) is 47.1 Å². The van der Waals surface area contributed by atoms with Gasteiger partial charge in [0.1, 0.15) is 0 Å². The van der Waals surface area contributed by atoms with E-state index in [1.165, 1.54) is 12.4 Å². The molecule has 5 nitrogen and oxygen atoms in total. The van der Waals surface area contributed by atoms with Crippen molar-refractivity contribution in [1.82, 2.24) is 0 Å². The molecule has 6 N–H and O–H groups in total. The maximum atomic E-state index is 7.24. The van der Waals surface area contributed by atoms with Gasteiger partial charge in [0.15, 0.2) is 11.7 Å². The Balaban J connectivity index is 2.79. The van der Waals surface area contributed by atoms with Crippen LogP contribution in [0.3, 0.4) is 0 Å². The van der Waals surface area contributed by atoms with Crippen LogP contribution in [0.4, 0.5) is 0 Å². The lowest BCUT2D eigenvalue weighted by Gasteiger charge is -1.92. The topological polar surface area (TPSA) is 112 Å². The van der Waals surface area contributed by atoms with Crippen LogP contribution < -0.4 is 11.5 Å². The summed E-state index contributed by atoms with van der Waals surface area (Å²) < 4.78 is 0. The molecule has 0 unspecified atom stereocenters. The molecule has 0 fully saturated rings. The average molecular weight is 239 g/mol. The Kier molecular flexibility index (Phi) is 4.88. The van der Waals surface area contributed by atoms with Crippen LogP contribution in [0, 0.1) is 22.7 Å². The van der Waals surface area contributed by atoms with Gasteiger partial charge < -0.3 is 11.5 Å². The molecule has 5 heteroatoms. The fourth-order valence-electron chi connectivity index (χ4n) is 0.986. The average Bonchev–Trinajstić information content (AvgIpc) is 2.39. The first-order chi connectivity index (χ1) is 8.63. The normalized spacial score (nSPS) is 10.8. The fourth-order valence-corrected chi connectivity index (χ4v) is 0.986. The van der Waals surface area contributed by atoms with Crippen molar-refractivity contribution in [2.24, 2.45) is 16.5 Å². The number of nitrogens with one attached hydrogen (secondary N) is 2. The summed E-state index contributed by atoms with van der Waals surface area (Å²) in [7, 11) is 0. The molecule has 0 bridgehead atoms. The van der Waals surface area contributed by atoms with Crippen molar-refractivity contribution in [3.05, 3.63) is 47.7 Å². The molecule has 1 rings (SSSR count). The molecule has 0 saturated carbocycles. The van der Waals surface area contributed by atoms with Crippen molar-refractivity contribution in [2.45, 2.75) is 0 Å². The molecule has 1 aromatic rings. The largest absolute Gasteiger partial charge is 0.404 e. The van der Waals surface area contributed by atoms with Crippen LogP contribution in [-0.2, 0) is 0 Å². The third kappa shape index (κ3) is 4.33. The first kappa shape index (κ1) is 13.2. The summed E-state index contributed by atoms with van der Waals surface area (Å²) in [6.07, 6.45) is 2.59. The lowest BCUT2D eigenvalue weighted by molar-refractivity contribution is 1.41. The van der Waals surface area contributed by atoms with Crippen LogP contribution in [-0.4, -0.2) is 17.9 Å². The van der Waals surface area contributed by atoms with Crippen molar-refractivity contribution in [3.8, 4) is 11.8 Å². The van der Waals surface area contributed by atoms with E-state index in [0.29, 0.717) is 5.57 Å². The molecule has 0 aliphatic carbocycles. The minimum Gasteiger partial charge on any atom is -0.404 e. The highest BCUT2D eigenvalue weighted by atomic mass is 14.9. The zero-order valence-electron chi connectivity index (χ0n) is 9.64. The molecule has 0 saturated heterocycles. The summed E-state index contributed by atoms with van der Waals surface area (Å²) in [5.41, 5.74) is 11.8. The molecule has 90 valence electrons. The summed E-state index contributed by atoms with van der Waals surface area (Å²) in [5, 5.41) is 14.2. The Morgan fingerprint density at radius 2 is 1.89 bits per heavy atom. The van der Waals surface area contributed by atoms with Crippen LogP contribution in [0.1, 0.15) is 5.56 Å². The first-order valence-corrected chi connectivity index (χ1v) is 5.09. The van der Waals surface area contributed by atoms with Gasteiger partial charge in [0.2, 0.25) is 0 Å². The van der Waals surface area contributed by atoms with Gasteiger partial charge >= 0.3 is 0 Å². The Labute approximate surface area is 105 Å². The number of rotatable bonds is 1. The van der Waals surface area contributed by atoms with E-state index in [1.807, 2.05) is 30.3 Å². The number of benzene rings is 1. The third-order valence-electron chi connectivity index (χ3n) is 1.89. The van der Waals surface area contributed by atoms with Gasteiger partial charge in [-0.05, 0) is 12.1 Å². The van der Waals surface area contributed by atoms with E-state index in [2.05, 4.69) is 16.8 Å². The van der Waals surface area contributed by atoms with E-state index in [1.54, 1.807) is 0 Å². The number of nitrogens with zero attached hydrogens (tertiary/aromatic N) is 1. The summed E-state index contributed by atoms with van der Waals surface area (Å²) in [5.74, 6) is 4.99. The Morgan fingerprint density at radius 1 is 1.22 bits per heavy atom. The van der Waals surface area contributed by atoms with Gasteiger partial charge in [-0.25, -0.2) is 4.99 Å². The standard InChI is InChI=1S/C13H13N5/c14-8-11(9-18-13(17)12(15)16)7-6-10-4-2-1-3-5-10/h1-5,8-9,17H,14H2,(H3,15,16). The highest BCUT2D eigenvalue weighted by Crippen LogP contribution is 1.96. The minimum absolute atomic E-state index is 0.323. The number of nitrogens with two attached hydrogens (primary N) is 2. The van der Waals surface area contributed by atoms with Crippen LogP contribution in [0.5, 0.6) is 0 Å². The molecule has 0 aliphatic rings. The smallest absolute Gasteiger partial charge is 0.187 e. The molecule has 0 aliphatic heterocycles. The molecule has 0 spiro atoms. The molecule has 0 amide bonds. The first-order valence-electron chi connectivity index (χ1n) is 5.09. The van der Waals surface area contributed by atoms with Gasteiger partial charge in [-0.15, -0.1) is 0 Å². The second kappa shape index (κ2) is 6.66. The van der Waals surface area contributed by atoms with Crippen molar-refractivity contribution in [2.75, 3.05) is 0 Å². The van der Waals surface area contributed by atoms with Crippen molar-refractivity contribution >= 4 is 17.9 Å². The van der Waals surface area contributed by atoms with E-state index in [-0.39, 0.29) is 5.84 Å². The van der Waals surface area contributed by atoms with Crippen LogP contribution >= 0.6 is 0 Å². The molecule has 0 radical (unpaired) electrons. The van der Waals surface area contributed by atoms with Crippen LogP contribution in [0.25, 0.3) is 0 Å². The van der Waals surface area contributed by atoms with E-state index in [0.717, 1.165) is 5.56 Å². The number of allylic oxidation sites excluding steroid dienone is 1. The molecule has 1 aromatic carbocycles.